The molecule has 0 radical (unpaired) electrons. The van der Waals surface area contributed by atoms with E-state index in [1.165, 1.54) is 5.56 Å². The molecule has 0 aliphatic carbocycles. The molecular weight excluding hydrogens is 384 g/mol. The van der Waals surface area contributed by atoms with Crippen LogP contribution in [0.2, 0.25) is 0 Å². The zero-order chi connectivity index (χ0) is 21.8. The highest BCUT2D eigenvalue weighted by molar-refractivity contribution is 6.13. The van der Waals surface area contributed by atoms with Gasteiger partial charge in [-0.3, -0.25) is 4.79 Å². The van der Waals surface area contributed by atoms with Gasteiger partial charge >= 0.3 is 0 Å². The predicted octanol–water partition coefficient (Wildman–Crippen LogP) is 5.95. The molecular formula is C27H26N2O2. The number of benzene rings is 4. The fourth-order valence-electron chi connectivity index (χ4n) is 3.66. The summed E-state index contributed by atoms with van der Waals surface area (Å²) in [6, 6.07) is 24.6. The van der Waals surface area contributed by atoms with E-state index in [0.717, 1.165) is 38.4 Å². The molecule has 0 aliphatic heterocycles. The second-order valence-corrected chi connectivity index (χ2v) is 7.99. The molecule has 0 bridgehead atoms. The molecule has 4 rings (SSSR count). The molecule has 0 atom stereocenters. The second kappa shape index (κ2) is 9.00. The van der Waals surface area contributed by atoms with Gasteiger partial charge in [0.1, 0.15) is 5.75 Å². The minimum absolute atomic E-state index is 0.0873. The van der Waals surface area contributed by atoms with Crippen molar-refractivity contribution in [2.45, 2.75) is 26.7 Å². The monoisotopic (exact) mass is 410 g/mol. The summed E-state index contributed by atoms with van der Waals surface area (Å²) in [6.07, 6.45) is 1.72. The number of ether oxygens (including phenoxy) is 1. The molecule has 31 heavy (non-hydrogen) atoms. The van der Waals surface area contributed by atoms with Gasteiger partial charge in [0.15, 0.2) is 6.61 Å². The van der Waals surface area contributed by atoms with Crippen molar-refractivity contribution in [3.05, 3.63) is 89.5 Å². The van der Waals surface area contributed by atoms with Crippen molar-refractivity contribution in [2.24, 2.45) is 5.10 Å². The van der Waals surface area contributed by atoms with Gasteiger partial charge in [0, 0.05) is 5.56 Å². The van der Waals surface area contributed by atoms with Crippen molar-refractivity contribution in [3.63, 3.8) is 0 Å². The average Bonchev–Trinajstić information content (AvgIpc) is 2.78. The van der Waals surface area contributed by atoms with Gasteiger partial charge in [0.25, 0.3) is 5.91 Å². The van der Waals surface area contributed by atoms with Gasteiger partial charge in [-0.05, 0) is 57.6 Å². The van der Waals surface area contributed by atoms with E-state index in [9.17, 15) is 4.79 Å². The Balaban J connectivity index is 1.49. The SMILES string of the molecule is Cc1ccc(C(C)C)cc1OCC(=O)N/N=C/c1c2ccccc2cc2ccccc12. The Bertz CT molecular complexity index is 1220. The Morgan fingerprint density at radius 3 is 2.26 bits per heavy atom. The summed E-state index contributed by atoms with van der Waals surface area (Å²) in [7, 11) is 0. The summed E-state index contributed by atoms with van der Waals surface area (Å²) < 4.78 is 5.75. The summed E-state index contributed by atoms with van der Waals surface area (Å²) in [5.74, 6) is 0.831. The molecule has 1 N–H and O–H groups in total. The van der Waals surface area contributed by atoms with E-state index < -0.39 is 0 Å². The fourth-order valence-corrected chi connectivity index (χ4v) is 3.66. The van der Waals surface area contributed by atoms with Gasteiger partial charge in [-0.2, -0.15) is 5.10 Å². The maximum absolute atomic E-state index is 12.3. The predicted molar refractivity (Wildman–Crippen MR) is 128 cm³/mol. The van der Waals surface area contributed by atoms with Crippen molar-refractivity contribution in [3.8, 4) is 5.75 Å². The van der Waals surface area contributed by atoms with Crippen LogP contribution < -0.4 is 10.2 Å². The maximum atomic E-state index is 12.3. The number of rotatable bonds is 6. The van der Waals surface area contributed by atoms with Crippen molar-refractivity contribution in [2.75, 3.05) is 6.61 Å². The van der Waals surface area contributed by atoms with E-state index in [1.54, 1.807) is 6.21 Å². The molecule has 0 heterocycles. The van der Waals surface area contributed by atoms with Crippen molar-refractivity contribution < 1.29 is 9.53 Å². The zero-order valence-electron chi connectivity index (χ0n) is 18.1. The number of hydrogen-bond acceptors (Lipinski definition) is 3. The lowest BCUT2D eigenvalue weighted by Crippen LogP contribution is -2.24. The number of hydrazone groups is 1. The van der Waals surface area contributed by atoms with Crippen LogP contribution in [0.4, 0.5) is 0 Å². The minimum Gasteiger partial charge on any atom is -0.483 e. The number of nitrogens with one attached hydrogen (secondary N) is 1. The number of carbonyl (C=O) groups excluding carboxylic acids is 1. The Kier molecular flexibility index (Phi) is 5.99. The van der Waals surface area contributed by atoms with Crippen LogP contribution in [-0.2, 0) is 4.79 Å². The highest BCUT2D eigenvalue weighted by atomic mass is 16.5. The van der Waals surface area contributed by atoms with E-state index in [0.29, 0.717) is 5.92 Å². The molecule has 4 nitrogen and oxygen atoms in total. The van der Waals surface area contributed by atoms with E-state index in [4.69, 9.17) is 4.74 Å². The van der Waals surface area contributed by atoms with Gasteiger partial charge < -0.3 is 4.74 Å². The first-order valence-electron chi connectivity index (χ1n) is 10.5. The van der Waals surface area contributed by atoms with Crippen LogP contribution in [0, 0.1) is 6.92 Å². The van der Waals surface area contributed by atoms with Crippen molar-refractivity contribution in [1.29, 1.82) is 0 Å². The molecule has 0 aliphatic rings. The third-order valence-electron chi connectivity index (χ3n) is 5.43. The Hall–Kier alpha value is -3.66. The van der Waals surface area contributed by atoms with E-state index in [1.807, 2.05) is 43.3 Å². The summed E-state index contributed by atoms with van der Waals surface area (Å²) in [5.41, 5.74) is 5.76. The lowest BCUT2D eigenvalue weighted by atomic mass is 9.97. The first kappa shape index (κ1) is 20.6. The molecule has 4 aromatic carbocycles. The highest BCUT2D eigenvalue weighted by Crippen LogP contribution is 2.27. The van der Waals surface area contributed by atoms with Gasteiger partial charge in [-0.15, -0.1) is 0 Å². The Morgan fingerprint density at radius 1 is 0.968 bits per heavy atom. The summed E-state index contributed by atoms with van der Waals surface area (Å²) in [5, 5.41) is 8.68. The van der Waals surface area contributed by atoms with Crippen molar-refractivity contribution >= 4 is 33.7 Å². The van der Waals surface area contributed by atoms with Crippen LogP contribution in [0.3, 0.4) is 0 Å². The number of carbonyl (C=O) groups is 1. The number of aryl methyl sites for hydroxylation is 1. The van der Waals surface area contributed by atoms with E-state index >= 15 is 0 Å². The zero-order valence-corrected chi connectivity index (χ0v) is 18.1. The molecule has 4 aromatic rings. The summed E-state index contributed by atoms with van der Waals surface area (Å²) >= 11 is 0. The Morgan fingerprint density at radius 2 is 1.61 bits per heavy atom. The van der Waals surface area contributed by atoms with Crippen LogP contribution in [0.5, 0.6) is 5.75 Å². The Labute approximate surface area is 182 Å². The van der Waals surface area contributed by atoms with Crippen LogP contribution in [-0.4, -0.2) is 18.7 Å². The lowest BCUT2D eigenvalue weighted by Gasteiger charge is -2.12. The van der Waals surface area contributed by atoms with E-state index in [2.05, 4.69) is 60.8 Å². The summed E-state index contributed by atoms with van der Waals surface area (Å²) in [6.45, 7) is 6.15. The molecule has 0 fully saturated rings. The molecule has 1 amide bonds. The topological polar surface area (TPSA) is 50.7 Å². The fraction of sp³-hybridized carbons (Fsp3) is 0.185. The largest absolute Gasteiger partial charge is 0.483 e. The normalized spacial score (nSPS) is 11.5. The molecule has 0 spiro atoms. The lowest BCUT2D eigenvalue weighted by molar-refractivity contribution is -0.123. The smallest absolute Gasteiger partial charge is 0.277 e. The standard InChI is InChI=1S/C27H26N2O2/c1-18(2)20-13-12-19(3)26(15-20)31-17-27(30)29-28-16-25-23-10-6-4-8-21(23)14-22-9-5-7-11-24(22)25/h4-16,18H,17H2,1-3H3,(H,29,30)/b28-16+. The number of hydrogen-bond donors (Lipinski definition) is 1. The van der Waals surface area contributed by atoms with Crippen molar-refractivity contribution in [1.82, 2.24) is 5.43 Å². The van der Waals surface area contributed by atoms with Crippen LogP contribution >= 0.6 is 0 Å². The van der Waals surface area contributed by atoms with Crippen LogP contribution in [0.25, 0.3) is 21.5 Å². The highest BCUT2D eigenvalue weighted by Gasteiger charge is 2.08. The quantitative estimate of drug-likeness (QED) is 0.242. The number of nitrogens with zero attached hydrogens (tertiary/aromatic N) is 1. The molecule has 0 saturated heterocycles. The third kappa shape index (κ3) is 4.58. The second-order valence-electron chi connectivity index (χ2n) is 7.99. The van der Waals surface area contributed by atoms with Crippen LogP contribution in [0.15, 0.2) is 77.9 Å². The molecule has 4 heteroatoms. The molecule has 0 unspecified atom stereocenters. The minimum atomic E-state index is -0.296. The van der Waals surface area contributed by atoms with Gasteiger partial charge in [-0.1, -0.05) is 74.5 Å². The first-order chi connectivity index (χ1) is 15.0. The molecule has 0 aromatic heterocycles. The average molecular weight is 411 g/mol. The molecule has 156 valence electrons. The van der Waals surface area contributed by atoms with E-state index in [-0.39, 0.29) is 12.5 Å². The first-order valence-corrected chi connectivity index (χ1v) is 10.5. The van der Waals surface area contributed by atoms with Gasteiger partial charge in [0.05, 0.1) is 6.21 Å². The van der Waals surface area contributed by atoms with Crippen LogP contribution in [0.1, 0.15) is 36.5 Å². The van der Waals surface area contributed by atoms with Gasteiger partial charge in [-0.25, -0.2) is 5.43 Å². The maximum Gasteiger partial charge on any atom is 0.277 e. The third-order valence-corrected chi connectivity index (χ3v) is 5.43. The number of amides is 1. The molecule has 0 saturated carbocycles. The summed E-state index contributed by atoms with van der Waals surface area (Å²) in [4.78, 5) is 12.3. The van der Waals surface area contributed by atoms with Gasteiger partial charge in [0.2, 0.25) is 0 Å². The number of fused-ring (bicyclic) bond motifs is 2.